The molecule has 0 radical (unpaired) electrons. The maximum atomic E-state index is 5.90. The molecule has 0 saturated carbocycles. The van der Waals surface area contributed by atoms with Gasteiger partial charge < -0.3 is 9.47 Å². The summed E-state index contributed by atoms with van der Waals surface area (Å²) in [6.07, 6.45) is 2.43. The highest BCUT2D eigenvalue weighted by atomic mass is 35.5. The summed E-state index contributed by atoms with van der Waals surface area (Å²) in [6.45, 7) is 0.260. The summed E-state index contributed by atoms with van der Waals surface area (Å²) in [7, 11) is 0. The molecule has 0 saturated heterocycles. The Bertz CT molecular complexity index is 816. The molecule has 0 atom stereocenters. The largest absolute Gasteiger partial charge is 0.454 e. The number of aromatic nitrogens is 3. The van der Waals surface area contributed by atoms with Gasteiger partial charge in [-0.05, 0) is 24.3 Å². The molecule has 0 unspecified atom stereocenters. The summed E-state index contributed by atoms with van der Waals surface area (Å²) in [5.74, 6) is 2.89. The lowest BCUT2D eigenvalue weighted by atomic mass is 10.2. The molecule has 0 fully saturated rings. The molecule has 2 aromatic heterocycles. The van der Waals surface area contributed by atoms with Gasteiger partial charge in [0.1, 0.15) is 11.3 Å². The van der Waals surface area contributed by atoms with E-state index < -0.39 is 0 Å². The highest BCUT2D eigenvalue weighted by Gasteiger charge is 2.17. The van der Waals surface area contributed by atoms with Crippen LogP contribution in [0.5, 0.6) is 11.5 Å². The first-order chi connectivity index (χ1) is 10.4. The van der Waals surface area contributed by atoms with Crippen molar-refractivity contribution < 1.29 is 9.47 Å². The first-order valence-corrected chi connectivity index (χ1v) is 7.18. The quantitative estimate of drug-likeness (QED) is 0.698. The molecule has 21 heavy (non-hydrogen) atoms. The van der Waals surface area contributed by atoms with Crippen LogP contribution in [0.2, 0.25) is 0 Å². The van der Waals surface area contributed by atoms with E-state index in [1.54, 1.807) is 6.20 Å². The van der Waals surface area contributed by atoms with Crippen LogP contribution < -0.4 is 9.47 Å². The van der Waals surface area contributed by atoms with Crippen LogP contribution in [0, 0.1) is 0 Å². The number of halogens is 1. The van der Waals surface area contributed by atoms with Crippen molar-refractivity contribution >= 4 is 22.8 Å². The molecule has 4 rings (SSSR count). The molecule has 0 amide bonds. The fourth-order valence-electron chi connectivity index (χ4n) is 2.51. The second-order valence-electron chi connectivity index (χ2n) is 4.69. The molecule has 106 valence electrons. The summed E-state index contributed by atoms with van der Waals surface area (Å²) in [5.41, 5.74) is 2.62. The number of alkyl halides is 1. The molecule has 1 aliphatic heterocycles. The number of fused-ring (bicyclic) bond motifs is 2. The average Bonchev–Trinajstić information content (AvgIpc) is 3.10. The second-order valence-corrected chi connectivity index (χ2v) is 5.06. The lowest BCUT2D eigenvalue weighted by Gasteiger charge is -2.08. The summed E-state index contributed by atoms with van der Waals surface area (Å²) < 4.78 is 12.8. The maximum absolute atomic E-state index is 5.90. The van der Waals surface area contributed by atoms with Crippen LogP contribution >= 0.6 is 11.6 Å². The first-order valence-electron chi connectivity index (χ1n) is 6.65. The number of nitrogens with zero attached hydrogens (tertiary/aromatic N) is 3. The van der Waals surface area contributed by atoms with Crippen molar-refractivity contribution in [3.8, 4) is 17.2 Å². The zero-order chi connectivity index (χ0) is 14.2. The molecule has 1 aliphatic rings. The van der Waals surface area contributed by atoms with Crippen LogP contribution in [0.25, 0.3) is 16.9 Å². The molecule has 5 nitrogen and oxygen atoms in total. The normalized spacial score (nSPS) is 13.0. The Morgan fingerprint density at radius 3 is 3.00 bits per heavy atom. The van der Waals surface area contributed by atoms with Crippen LogP contribution in [0.15, 0.2) is 36.5 Å². The molecule has 0 spiro atoms. The van der Waals surface area contributed by atoms with Crippen molar-refractivity contribution in [2.24, 2.45) is 0 Å². The van der Waals surface area contributed by atoms with Crippen LogP contribution in [0.3, 0.4) is 0 Å². The highest BCUT2D eigenvalue weighted by molar-refractivity contribution is 6.17. The van der Waals surface area contributed by atoms with Crippen molar-refractivity contribution in [1.29, 1.82) is 0 Å². The fraction of sp³-hybridized carbons (Fsp3) is 0.200. The van der Waals surface area contributed by atoms with Crippen molar-refractivity contribution in [3.05, 3.63) is 42.4 Å². The van der Waals surface area contributed by atoms with Gasteiger partial charge in [-0.1, -0.05) is 0 Å². The maximum Gasteiger partial charge on any atom is 0.231 e. The minimum absolute atomic E-state index is 0.260. The molecule has 0 aliphatic carbocycles. The van der Waals surface area contributed by atoms with E-state index >= 15 is 0 Å². The molecule has 3 heterocycles. The van der Waals surface area contributed by atoms with Gasteiger partial charge >= 0.3 is 0 Å². The van der Waals surface area contributed by atoms with Gasteiger partial charge in [0.05, 0.1) is 5.69 Å². The molecule has 1 aromatic carbocycles. The number of hydrogen-bond donors (Lipinski definition) is 0. The van der Waals surface area contributed by atoms with Crippen molar-refractivity contribution in [2.45, 2.75) is 6.42 Å². The van der Waals surface area contributed by atoms with E-state index in [1.165, 1.54) is 0 Å². The van der Waals surface area contributed by atoms with E-state index in [1.807, 2.05) is 34.9 Å². The third kappa shape index (κ3) is 2.01. The van der Waals surface area contributed by atoms with Gasteiger partial charge in [-0.15, -0.1) is 11.6 Å². The number of imidazole rings is 1. The Morgan fingerprint density at radius 1 is 1.19 bits per heavy atom. The average molecular weight is 302 g/mol. The third-order valence-corrected chi connectivity index (χ3v) is 3.61. The number of hydrogen-bond acceptors (Lipinski definition) is 4. The number of rotatable bonds is 3. The zero-order valence-corrected chi connectivity index (χ0v) is 11.9. The van der Waals surface area contributed by atoms with Gasteiger partial charge in [-0.3, -0.25) is 4.57 Å². The molecule has 0 N–H and O–H groups in total. The lowest BCUT2D eigenvalue weighted by Crippen LogP contribution is -2.03. The van der Waals surface area contributed by atoms with Gasteiger partial charge in [0.15, 0.2) is 17.1 Å². The standard InChI is InChI=1S/C15H12ClN3O2/c16-6-5-14-18-11-2-1-7-17-15(11)19(14)10-3-4-12-13(8-10)21-9-20-12/h1-4,7-8H,5-6,9H2. The van der Waals surface area contributed by atoms with E-state index in [0.717, 1.165) is 34.2 Å². The molecular weight excluding hydrogens is 290 g/mol. The van der Waals surface area contributed by atoms with Crippen LogP contribution in [-0.2, 0) is 6.42 Å². The van der Waals surface area contributed by atoms with E-state index in [2.05, 4.69) is 9.97 Å². The van der Waals surface area contributed by atoms with Crippen LogP contribution in [0.1, 0.15) is 5.82 Å². The minimum atomic E-state index is 0.260. The summed E-state index contributed by atoms with van der Waals surface area (Å²) in [6, 6.07) is 9.64. The Balaban J connectivity index is 1.94. The Hall–Kier alpha value is -2.27. The summed E-state index contributed by atoms with van der Waals surface area (Å²) in [5, 5.41) is 0. The third-order valence-electron chi connectivity index (χ3n) is 3.42. The number of ether oxygens (including phenoxy) is 2. The van der Waals surface area contributed by atoms with Crippen molar-refractivity contribution in [2.75, 3.05) is 12.7 Å². The topological polar surface area (TPSA) is 49.2 Å². The first kappa shape index (κ1) is 12.5. The smallest absolute Gasteiger partial charge is 0.231 e. The number of pyridine rings is 1. The van der Waals surface area contributed by atoms with E-state index in [9.17, 15) is 0 Å². The molecule has 0 bridgehead atoms. The van der Waals surface area contributed by atoms with Gasteiger partial charge in [0.25, 0.3) is 0 Å². The highest BCUT2D eigenvalue weighted by Crippen LogP contribution is 2.34. The van der Waals surface area contributed by atoms with Crippen LogP contribution in [0.4, 0.5) is 0 Å². The monoisotopic (exact) mass is 301 g/mol. The second kappa shape index (κ2) is 4.93. The Morgan fingerprint density at radius 2 is 2.10 bits per heavy atom. The predicted molar refractivity (Wildman–Crippen MR) is 79.4 cm³/mol. The SMILES string of the molecule is ClCCc1nc2cccnc2n1-c1ccc2c(c1)OCO2. The van der Waals surface area contributed by atoms with Crippen molar-refractivity contribution in [1.82, 2.24) is 14.5 Å². The number of aryl methyl sites for hydroxylation is 1. The van der Waals surface area contributed by atoms with Crippen molar-refractivity contribution in [3.63, 3.8) is 0 Å². The summed E-state index contributed by atoms with van der Waals surface area (Å²) in [4.78, 5) is 9.06. The van der Waals surface area contributed by atoms with Gasteiger partial charge in [0, 0.05) is 24.6 Å². The zero-order valence-electron chi connectivity index (χ0n) is 11.1. The van der Waals surface area contributed by atoms with Gasteiger partial charge in [0.2, 0.25) is 6.79 Å². The van der Waals surface area contributed by atoms with Gasteiger partial charge in [-0.2, -0.15) is 0 Å². The van der Waals surface area contributed by atoms with E-state index in [0.29, 0.717) is 12.3 Å². The van der Waals surface area contributed by atoms with Crippen LogP contribution in [-0.4, -0.2) is 27.2 Å². The fourth-order valence-corrected chi connectivity index (χ4v) is 2.68. The minimum Gasteiger partial charge on any atom is -0.454 e. The lowest BCUT2D eigenvalue weighted by molar-refractivity contribution is 0.174. The Labute approximate surface area is 126 Å². The van der Waals surface area contributed by atoms with Gasteiger partial charge in [-0.25, -0.2) is 9.97 Å². The summed E-state index contributed by atoms with van der Waals surface area (Å²) >= 11 is 5.90. The molecule has 3 aromatic rings. The van der Waals surface area contributed by atoms with E-state index in [-0.39, 0.29) is 6.79 Å². The predicted octanol–water partition coefficient (Wildman–Crippen LogP) is 2.93. The molecule has 6 heteroatoms. The number of benzene rings is 1. The van der Waals surface area contributed by atoms with E-state index in [4.69, 9.17) is 21.1 Å². The molecular formula is C15H12ClN3O2. The Kier molecular flexibility index (Phi) is 2.93.